The number of rotatable bonds is 5. The van der Waals surface area contributed by atoms with Crippen molar-refractivity contribution < 1.29 is 4.74 Å². The molecule has 0 atom stereocenters. The number of benzene rings is 1. The summed E-state index contributed by atoms with van der Waals surface area (Å²) in [5.41, 5.74) is 2.60. The van der Waals surface area contributed by atoms with Crippen LogP contribution in [0.15, 0.2) is 18.2 Å². The number of ether oxygens (including phenoxy) is 1. The molecule has 0 heterocycles. The van der Waals surface area contributed by atoms with Gasteiger partial charge in [-0.05, 0) is 36.8 Å². The molecule has 2 nitrogen and oxygen atoms in total. The highest BCUT2D eigenvalue weighted by Crippen LogP contribution is 2.32. The largest absolute Gasteiger partial charge is 0.493 e. The second-order valence-corrected chi connectivity index (χ2v) is 5.71. The molecule has 0 bridgehead atoms. The van der Waals surface area contributed by atoms with Crippen LogP contribution in [0.5, 0.6) is 5.75 Å². The fraction of sp³-hybridized carbons (Fsp3) is 0.562. The minimum absolute atomic E-state index is 0.0913. The smallest absolute Gasteiger partial charge is 0.123 e. The zero-order chi connectivity index (χ0) is 13.6. The summed E-state index contributed by atoms with van der Waals surface area (Å²) in [5, 5.41) is 8.47. The highest BCUT2D eigenvalue weighted by molar-refractivity contribution is 5.41. The van der Waals surface area contributed by atoms with E-state index in [9.17, 15) is 0 Å². The van der Waals surface area contributed by atoms with Crippen molar-refractivity contribution in [1.82, 2.24) is 0 Å². The van der Waals surface area contributed by atoms with Crippen LogP contribution in [0, 0.1) is 18.3 Å². The van der Waals surface area contributed by atoms with Gasteiger partial charge in [0.2, 0.25) is 0 Å². The standard InChI is InChI=1S/C16H23NO/c1-13-8-9-15(14(12-13)16(2,3)4)18-11-7-5-6-10-17/h8-9,12H,5-7,11H2,1-4H3. The normalized spacial score (nSPS) is 11.1. The number of nitriles is 1. The third-order valence-corrected chi connectivity index (χ3v) is 2.88. The Morgan fingerprint density at radius 2 is 1.94 bits per heavy atom. The minimum atomic E-state index is 0.0913. The van der Waals surface area contributed by atoms with Crippen molar-refractivity contribution in [3.8, 4) is 11.8 Å². The molecule has 1 rings (SSSR count). The molecule has 0 aliphatic heterocycles. The number of hydrogen-bond donors (Lipinski definition) is 0. The van der Waals surface area contributed by atoms with Gasteiger partial charge in [0.15, 0.2) is 0 Å². The first kappa shape index (κ1) is 14.6. The quantitative estimate of drug-likeness (QED) is 0.722. The van der Waals surface area contributed by atoms with Gasteiger partial charge in [0.1, 0.15) is 5.75 Å². The fourth-order valence-corrected chi connectivity index (χ4v) is 1.84. The number of aryl methyl sites for hydroxylation is 1. The first-order valence-corrected chi connectivity index (χ1v) is 6.56. The number of nitrogens with zero attached hydrogens (tertiary/aromatic N) is 1. The van der Waals surface area contributed by atoms with Gasteiger partial charge in [-0.15, -0.1) is 0 Å². The van der Waals surface area contributed by atoms with Crippen LogP contribution in [0.25, 0.3) is 0 Å². The SMILES string of the molecule is Cc1ccc(OCCCCC#N)c(C(C)(C)C)c1. The zero-order valence-electron chi connectivity index (χ0n) is 11.9. The van der Waals surface area contributed by atoms with E-state index in [0.717, 1.165) is 18.6 Å². The molecule has 0 unspecified atom stereocenters. The lowest BCUT2D eigenvalue weighted by Gasteiger charge is -2.23. The molecule has 1 aromatic carbocycles. The van der Waals surface area contributed by atoms with E-state index in [4.69, 9.17) is 10.00 Å². The van der Waals surface area contributed by atoms with Gasteiger partial charge in [-0.2, -0.15) is 5.26 Å². The van der Waals surface area contributed by atoms with Crippen molar-refractivity contribution in [1.29, 1.82) is 5.26 Å². The van der Waals surface area contributed by atoms with Crippen molar-refractivity contribution in [2.45, 2.75) is 52.4 Å². The van der Waals surface area contributed by atoms with E-state index in [1.807, 2.05) is 0 Å². The highest BCUT2D eigenvalue weighted by atomic mass is 16.5. The van der Waals surface area contributed by atoms with Crippen molar-refractivity contribution in [2.75, 3.05) is 6.61 Å². The Kier molecular flexibility index (Phi) is 5.22. The van der Waals surface area contributed by atoms with Crippen LogP contribution in [0.4, 0.5) is 0 Å². The highest BCUT2D eigenvalue weighted by Gasteiger charge is 2.18. The average Bonchev–Trinajstić information content (AvgIpc) is 2.29. The molecule has 0 fully saturated rings. The third kappa shape index (κ3) is 4.41. The van der Waals surface area contributed by atoms with Gasteiger partial charge in [0, 0.05) is 6.42 Å². The van der Waals surface area contributed by atoms with Gasteiger partial charge in [-0.1, -0.05) is 38.5 Å². The van der Waals surface area contributed by atoms with Crippen LogP contribution < -0.4 is 4.74 Å². The van der Waals surface area contributed by atoms with Crippen LogP contribution in [0.3, 0.4) is 0 Å². The first-order valence-electron chi connectivity index (χ1n) is 6.56. The maximum atomic E-state index is 8.47. The van der Waals surface area contributed by atoms with Crippen LogP contribution in [0.1, 0.15) is 51.2 Å². The monoisotopic (exact) mass is 245 g/mol. The molecular formula is C16H23NO. The Balaban J connectivity index is 2.68. The van der Waals surface area contributed by atoms with Crippen LogP contribution in [0.2, 0.25) is 0 Å². The van der Waals surface area contributed by atoms with Crippen molar-refractivity contribution >= 4 is 0 Å². The van der Waals surface area contributed by atoms with E-state index in [1.165, 1.54) is 11.1 Å². The summed E-state index contributed by atoms with van der Waals surface area (Å²) in [4.78, 5) is 0. The molecule has 0 saturated carbocycles. The van der Waals surface area contributed by atoms with Crippen molar-refractivity contribution in [2.24, 2.45) is 0 Å². The summed E-state index contributed by atoms with van der Waals surface area (Å²) in [6.45, 7) is 9.39. The summed E-state index contributed by atoms with van der Waals surface area (Å²) in [5.74, 6) is 0.977. The summed E-state index contributed by atoms with van der Waals surface area (Å²) in [6.07, 6.45) is 2.46. The Morgan fingerprint density at radius 1 is 1.22 bits per heavy atom. The second kappa shape index (κ2) is 6.44. The lowest BCUT2D eigenvalue weighted by atomic mass is 9.85. The molecule has 98 valence electrons. The van der Waals surface area contributed by atoms with Gasteiger partial charge in [-0.3, -0.25) is 0 Å². The second-order valence-electron chi connectivity index (χ2n) is 5.71. The van der Waals surface area contributed by atoms with Gasteiger partial charge in [0.05, 0.1) is 12.7 Å². The molecule has 0 amide bonds. The minimum Gasteiger partial charge on any atom is -0.493 e. The molecule has 0 aliphatic carbocycles. The third-order valence-electron chi connectivity index (χ3n) is 2.88. The van der Waals surface area contributed by atoms with Crippen LogP contribution in [-0.2, 0) is 5.41 Å². The molecule has 0 saturated heterocycles. The van der Waals surface area contributed by atoms with E-state index in [2.05, 4.69) is 52.0 Å². The van der Waals surface area contributed by atoms with Gasteiger partial charge in [0.25, 0.3) is 0 Å². The maximum Gasteiger partial charge on any atom is 0.123 e. The first-order chi connectivity index (χ1) is 8.45. The average molecular weight is 245 g/mol. The summed E-state index contributed by atoms with van der Waals surface area (Å²) < 4.78 is 5.86. The summed E-state index contributed by atoms with van der Waals surface area (Å²) in [7, 11) is 0. The maximum absolute atomic E-state index is 8.47. The van der Waals surface area contributed by atoms with E-state index >= 15 is 0 Å². The lowest BCUT2D eigenvalue weighted by Crippen LogP contribution is -2.14. The summed E-state index contributed by atoms with van der Waals surface area (Å²) in [6, 6.07) is 8.49. The van der Waals surface area contributed by atoms with E-state index < -0.39 is 0 Å². The Morgan fingerprint density at radius 3 is 2.56 bits per heavy atom. The lowest BCUT2D eigenvalue weighted by molar-refractivity contribution is 0.299. The number of hydrogen-bond acceptors (Lipinski definition) is 2. The molecule has 0 aromatic heterocycles. The predicted octanol–water partition coefficient (Wildman–Crippen LogP) is 4.37. The number of unbranched alkanes of at least 4 members (excludes halogenated alkanes) is 2. The molecule has 0 aliphatic rings. The van der Waals surface area contributed by atoms with Crippen molar-refractivity contribution in [3.63, 3.8) is 0 Å². The van der Waals surface area contributed by atoms with E-state index in [0.29, 0.717) is 13.0 Å². The van der Waals surface area contributed by atoms with E-state index in [1.54, 1.807) is 0 Å². The molecule has 2 heteroatoms. The Labute approximate surface area is 111 Å². The molecule has 0 radical (unpaired) electrons. The molecule has 0 spiro atoms. The van der Waals surface area contributed by atoms with Crippen LogP contribution in [-0.4, -0.2) is 6.61 Å². The Bertz CT molecular complexity index is 424. The van der Waals surface area contributed by atoms with Gasteiger partial charge < -0.3 is 4.74 Å². The van der Waals surface area contributed by atoms with Crippen molar-refractivity contribution in [3.05, 3.63) is 29.3 Å². The van der Waals surface area contributed by atoms with Gasteiger partial charge >= 0.3 is 0 Å². The Hall–Kier alpha value is -1.49. The van der Waals surface area contributed by atoms with Gasteiger partial charge in [-0.25, -0.2) is 0 Å². The topological polar surface area (TPSA) is 33.0 Å². The molecule has 18 heavy (non-hydrogen) atoms. The molecule has 0 N–H and O–H groups in total. The fourth-order valence-electron chi connectivity index (χ4n) is 1.84. The predicted molar refractivity (Wildman–Crippen MR) is 74.8 cm³/mol. The zero-order valence-corrected chi connectivity index (χ0v) is 11.9. The summed E-state index contributed by atoms with van der Waals surface area (Å²) >= 11 is 0. The van der Waals surface area contributed by atoms with Crippen LogP contribution >= 0.6 is 0 Å². The molecular weight excluding hydrogens is 222 g/mol. The molecule has 1 aromatic rings. The van der Waals surface area contributed by atoms with E-state index in [-0.39, 0.29) is 5.41 Å².